The SMILES string of the molecule is Cc1cc(CN2CCN(S(=O)(=O)c3cn[nH]c3)CC2)on1. The van der Waals surface area contributed by atoms with Crippen LogP contribution in [0.3, 0.4) is 0 Å². The molecule has 1 aliphatic rings. The molecule has 3 rings (SSSR count). The van der Waals surface area contributed by atoms with Crippen LogP contribution in [0.5, 0.6) is 0 Å². The Morgan fingerprint density at radius 3 is 2.67 bits per heavy atom. The lowest BCUT2D eigenvalue weighted by atomic mass is 10.3. The Morgan fingerprint density at radius 1 is 1.33 bits per heavy atom. The fraction of sp³-hybridized carbons (Fsp3) is 0.500. The molecule has 9 heteroatoms. The van der Waals surface area contributed by atoms with E-state index >= 15 is 0 Å². The van der Waals surface area contributed by atoms with Gasteiger partial charge in [-0.15, -0.1) is 0 Å². The van der Waals surface area contributed by atoms with Crippen molar-refractivity contribution in [3.8, 4) is 0 Å². The summed E-state index contributed by atoms with van der Waals surface area (Å²) in [6.07, 6.45) is 2.73. The standard InChI is InChI=1S/C12H17N5O3S/c1-10-6-11(20-15-10)9-16-2-4-17(5-3-16)21(18,19)12-7-13-14-8-12/h6-8H,2-5,9H2,1H3,(H,13,14). The normalized spacial score (nSPS) is 18.1. The van der Waals surface area contributed by atoms with Crippen LogP contribution in [0.25, 0.3) is 0 Å². The van der Waals surface area contributed by atoms with Gasteiger partial charge in [0.2, 0.25) is 10.0 Å². The fourth-order valence-corrected chi connectivity index (χ4v) is 3.70. The third-order valence-corrected chi connectivity index (χ3v) is 5.36. The fourth-order valence-electron chi connectivity index (χ4n) is 2.37. The van der Waals surface area contributed by atoms with Gasteiger partial charge < -0.3 is 4.52 Å². The van der Waals surface area contributed by atoms with Crippen LogP contribution in [-0.2, 0) is 16.6 Å². The summed E-state index contributed by atoms with van der Waals surface area (Å²) < 4.78 is 31.3. The zero-order valence-corrected chi connectivity index (χ0v) is 12.5. The molecule has 0 atom stereocenters. The molecule has 1 aliphatic heterocycles. The number of rotatable bonds is 4. The molecule has 8 nitrogen and oxygen atoms in total. The minimum Gasteiger partial charge on any atom is -0.360 e. The largest absolute Gasteiger partial charge is 0.360 e. The van der Waals surface area contributed by atoms with E-state index in [0.717, 1.165) is 11.5 Å². The van der Waals surface area contributed by atoms with Crippen molar-refractivity contribution in [2.75, 3.05) is 26.2 Å². The van der Waals surface area contributed by atoms with Gasteiger partial charge in [-0.25, -0.2) is 8.42 Å². The van der Waals surface area contributed by atoms with Crippen LogP contribution in [0.2, 0.25) is 0 Å². The lowest BCUT2D eigenvalue weighted by molar-refractivity contribution is 0.166. The molecule has 0 bridgehead atoms. The van der Waals surface area contributed by atoms with Crippen LogP contribution in [0.4, 0.5) is 0 Å². The summed E-state index contributed by atoms with van der Waals surface area (Å²) in [4.78, 5) is 2.36. The summed E-state index contributed by atoms with van der Waals surface area (Å²) in [6.45, 7) is 4.78. The van der Waals surface area contributed by atoms with E-state index in [1.54, 1.807) is 0 Å². The predicted octanol–water partition coefficient (Wildman–Crippen LogP) is 0.213. The number of H-pyrrole nitrogens is 1. The summed E-state index contributed by atoms with van der Waals surface area (Å²) in [6, 6.07) is 1.90. The van der Waals surface area contributed by atoms with E-state index in [-0.39, 0.29) is 4.90 Å². The van der Waals surface area contributed by atoms with Crippen LogP contribution in [0.1, 0.15) is 11.5 Å². The average molecular weight is 311 g/mol. The number of piperazine rings is 1. The third kappa shape index (κ3) is 2.99. The Bertz CT molecular complexity index is 686. The molecule has 21 heavy (non-hydrogen) atoms. The highest BCUT2D eigenvalue weighted by Crippen LogP contribution is 2.17. The monoisotopic (exact) mass is 311 g/mol. The van der Waals surface area contributed by atoms with E-state index in [0.29, 0.717) is 32.7 Å². The van der Waals surface area contributed by atoms with Crippen molar-refractivity contribution in [1.82, 2.24) is 24.6 Å². The maximum Gasteiger partial charge on any atom is 0.246 e. The van der Waals surface area contributed by atoms with E-state index in [2.05, 4.69) is 20.3 Å². The summed E-state index contributed by atoms with van der Waals surface area (Å²) in [5, 5.41) is 10.1. The second-order valence-corrected chi connectivity index (χ2v) is 6.99. The van der Waals surface area contributed by atoms with Gasteiger partial charge in [-0.1, -0.05) is 5.16 Å². The molecule has 1 N–H and O–H groups in total. The molecule has 2 aromatic rings. The number of nitrogens with zero attached hydrogens (tertiary/aromatic N) is 4. The molecule has 0 radical (unpaired) electrons. The summed E-state index contributed by atoms with van der Waals surface area (Å²) in [7, 11) is -3.43. The van der Waals surface area contributed by atoms with Gasteiger partial charge in [-0.3, -0.25) is 10.00 Å². The molecule has 2 aromatic heterocycles. The van der Waals surface area contributed by atoms with Crippen molar-refractivity contribution in [2.24, 2.45) is 0 Å². The smallest absolute Gasteiger partial charge is 0.246 e. The molecule has 0 amide bonds. The first-order valence-corrected chi connectivity index (χ1v) is 8.13. The number of sulfonamides is 1. The highest BCUT2D eigenvalue weighted by molar-refractivity contribution is 7.89. The van der Waals surface area contributed by atoms with Crippen molar-refractivity contribution in [2.45, 2.75) is 18.4 Å². The van der Waals surface area contributed by atoms with Gasteiger partial charge in [-0.2, -0.15) is 9.40 Å². The van der Waals surface area contributed by atoms with Crippen LogP contribution >= 0.6 is 0 Å². The number of hydrogen-bond acceptors (Lipinski definition) is 6. The molecule has 0 saturated carbocycles. The van der Waals surface area contributed by atoms with E-state index in [1.165, 1.54) is 16.7 Å². The lowest BCUT2D eigenvalue weighted by Crippen LogP contribution is -2.48. The predicted molar refractivity (Wildman–Crippen MR) is 73.9 cm³/mol. The second-order valence-electron chi connectivity index (χ2n) is 5.05. The molecule has 0 aliphatic carbocycles. The minimum atomic E-state index is -3.43. The lowest BCUT2D eigenvalue weighted by Gasteiger charge is -2.33. The van der Waals surface area contributed by atoms with Crippen LogP contribution in [0.15, 0.2) is 27.9 Å². The maximum absolute atomic E-state index is 12.3. The van der Waals surface area contributed by atoms with Crippen molar-refractivity contribution in [1.29, 1.82) is 0 Å². The quantitative estimate of drug-likeness (QED) is 0.867. The van der Waals surface area contributed by atoms with Gasteiger partial charge in [0, 0.05) is 38.4 Å². The maximum atomic E-state index is 12.3. The Morgan fingerprint density at radius 2 is 2.10 bits per heavy atom. The molecular formula is C12H17N5O3S. The van der Waals surface area contributed by atoms with Crippen LogP contribution in [0, 0.1) is 6.92 Å². The van der Waals surface area contributed by atoms with Crippen molar-refractivity contribution >= 4 is 10.0 Å². The zero-order chi connectivity index (χ0) is 14.9. The molecule has 0 aromatic carbocycles. The number of nitrogens with one attached hydrogen (secondary N) is 1. The Hall–Kier alpha value is -1.71. The topological polar surface area (TPSA) is 95.3 Å². The first-order valence-electron chi connectivity index (χ1n) is 6.69. The van der Waals surface area contributed by atoms with E-state index in [4.69, 9.17) is 4.52 Å². The zero-order valence-electron chi connectivity index (χ0n) is 11.7. The van der Waals surface area contributed by atoms with Gasteiger partial charge in [0.15, 0.2) is 5.76 Å². The van der Waals surface area contributed by atoms with E-state index in [9.17, 15) is 8.42 Å². The van der Waals surface area contributed by atoms with Crippen LogP contribution < -0.4 is 0 Å². The number of aromatic nitrogens is 3. The van der Waals surface area contributed by atoms with Gasteiger partial charge in [0.25, 0.3) is 0 Å². The molecular weight excluding hydrogens is 294 g/mol. The van der Waals surface area contributed by atoms with Crippen molar-refractivity contribution in [3.63, 3.8) is 0 Å². The Kier molecular flexibility index (Phi) is 3.79. The number of aryl methyl sites for hydroxylation is 1. The number of aromatic amines is 1. The van der Waals surface area contributed by atoms with Gasteiger partial charge in [-0.05, 0) is 6.92 Å². The highest BCUT2D eigenvalue weighted by atomic mass is 32.2. The summed E-state index contributed by atoms with van der Waals surface area (Å²) >= 11 is 0. The average Bonchev–Trinajstić information content (AvgIpc) is 3.11. The minimum absolute atomic E-state index is 0.210. The van der Waals surface area contributed by atoms with E-state index < -0.39 is 10.0 Å². The third-order valence-electron chi connectivity index (χ3n) is 3.50. The summed E-state index contributed by atoms with van der Waals surface area (Å²) in [5.74, 6) is 0.804. The first-order chi connectivity index (χ1) is 10.1. The van der Waals surface area contributed by atoms with E-state index in [1.807, 2.05) is 13.0 Å². The summed E-state index contributed by atoms with van der Waals surface area (Å²) in [5.41, 5.74) is 0.853. The van der Waals surface area contributed by atoms with Gasteiger partial charge >= 0.3 is 0 Å². The highest BCUT2D eigenvalue weighted by Gasteiger charge is 2.29. The van der Waals surface area contributed by atoms with Crippen molar-refractivity contribution < 1.29 is 12.9 Å². The Balaban J connectivity index is 1.60. The van der Waals surface area contributed by atoms with Gasteiger partial charge in [0.05, 0.1) is 18.4 Å². The Labute approximate surface area is 122 Å². The van der Waals surface area contributed by atoms with Gasteiger partial charge in [0.1, 0.15) is 4.90 Å². The van der Waals surface area contributed by atoms with Crippen LogP contribution in [-0.4, -0.2) is 59.2 Å². The number of hydrogen-bond donors (Lipinski definition) is 1. The molecule has 1 fully saturated rings. The molecule has 1 saturated heterocycles. The molecule has 0 spiro atoms. The molecule has 0 unspecified atom stereocenters. The van der Waals surface area contributed by atoms with Crippen molar-refractivity contribution in [3.05, 3.63) is 29.9 Å². The second kappa shape index (κ2) is 5.58. The molecule has 3 heterocycles. The first kappa shape index (κ1) is 14.2. The molecule has 114 valence electrons.